The van der Waals surface area contributed by atoms with Crippen LogP contribution in [0.5, 0.6) is 0 Å². The third kappa shape index (κ3) is 3.70. The summed E-state index contributed by atoms with van der Waals surface area (Å²) in [6, 6.07) is 12.0. The summed E-state index contributed by atoms with van der Waals surface area (Å²) < 4.78 is 13.2. The van der Waals surface area contributed by atoms with Gasteiger partial charge in [0.25, 0.3) is 11.8 Å². The lowest BCUT2D eigenvalue weighted by Gasteiger charge is -2.43. The maximum Gasteiger partial charge on any atom is 0.257 e. The van der Waals surface area contributed by atoms with Crippen LogP contribution >= 0.6 is 0 Å². The first-order chi connectivity index (χ1) is 15.5. The van der Waals surface area contributed by atoms with Gasteiger partial charge in [0.1, 0.15) is 12.0 Å². The van der Waals surface area contributed by atoms with Gasteiger partial charge in [-0.15, -0.1) is 0 Å². The standard InChI is InChI=1S/C25H29FN4O2/c1-27-22-17-18(6-11-21(22)25(32)30-12-4-2-3-5-23(27)30)24(31)29-15-13-28(14-16-29)20-9-7-19(26)8-10-20/h6-11,17,23H,2-5,12-16H2,1H3/t23-/m0/s1. The molecule has 0 saturated carbocycles. The molecule has 0 N–H and O–H groups in total. The van der Waals surface area contributed by atoms with Crippen molar-refractivity contribution >= 4 is 23.2 Å². The second-order valence-corrected chi connectivity index (χ2v) is 8.93. The Morgan fingerprint density at radius 3 is 2.44 bits per heavy atom. The van der Waals surface area contributed by atoms with E-state index >= 15 is 0 Å². The molecule has 0 spiro atoms. The van der Waals surface area contributed by atoms with E-state index in [9.17, 15) is 14.0 Å². The van der Waals surface area contributed by atoms with Crippen molar-refractivity contribution in [3.63, 3.8) is 0 Å². The molecule has 2 saturated heterocycles. The van der Waals surface area contributed by atoms with E-state index in [0.29, 0.717) is 37.3 Å². The Morgan fingerprint density at radius 1 is 0.938 bits per heavy atom. The van der Waals surface area contributed by atoms with Crippen molar-refractivity contribution in [1.29, 1.82) is 0 Å². The largest absolute Gasteiger partial charge is 0.368 e. The molecule has 1 atom stereocenters. The predicted octanol–water partition coefficient (Wildman–Crippen LogP) is 3.58. The molecule has 6 nitrogen and oxygen atoms in total. The molecular formula is C25H29FN4O2. The van der Waals surface area contributed by atoms with Crippen LogP contribution in [0.2, 0.25) is 0 Å². The maximum absolute atomic E-state index is 13.2. The van der Waals surface area contributed by atoms with Crippen LogP contribution in [0, 0.1) is 5.82 Å². The first kappa shape index (κ1) is 20.8. The number of hydrogen-bond acceptors (Lipinski definition) is 4. The van der Waals surface area contributed by atoms with Gasteiger partial charge in [0.05, 0.1) is 11.3 Å². The highest BCUT2D eigenvalue weighted by Gasteiger charge is 2.37. The number of nitrogens with zero attached hydrogens (tertiary/aromatic N) is 4. The Bertz CT molecular complexity index is 1020. The van der Waals surface area contributed by atoms with Crippen LogP contribution in [-0.4, -0.2) is 67.6 Å². The van der Waals surface area contributed by atoms with Gasteiger partial charge in [0.2, 0.25) is 0 Å². The zero-order valence-corrected chi connectivity index (χ0v) is 18.5. The molecule has 3 aliphatic rings. The molecule has 2 fully saturated rings. The fraction of sp³-hybridized carbons (Fsp3) is 0.440. The third-order valence-electron chi connectivity index (χ3n) is 7.04. The summed E-state index contributed by atoms with van der Waals surface area (Å²) in [6.45, 7) is 3.43. The SMILES string of the molecule is CN1c2cc(C(=O)N3CCN(c4ccc(F)cc4)CC3)ccc2C(=O)N2CCCCC[C@H]21. The Hall–Kier alpha value is -3.09. The lowest BCUT2D eigenvalue weighted by molar-refractivity contribution is 0.0659. The number of hydrogen-bond donors (Lipinski definition) is 0. The van der Waals surface area contributed by atoms with Gasteiger partial charge < -0.3 is 19.6 Å². The van der Waals surface area contributed by atoms with Gasteiger partial charge in [-0.2, -0.15) is 0 Å². The summed E-state index contributed by atoms with van der Waals surface area (Å²) in [5.74, 6) is -0.169. The summed E-state index contributed by atoms with van der Waals surface area (Å²) in [5.41, 5.74) is 3.14. The first-order valence-corrected chi connectivity index (χ1v) is 11.5. The molecule has 0 radical (unpaired) electrons. The minimum Gasteiger partial charge on any atom is -0.368 e. The first-order valence-electron chi connectivity index (χ1n) is 11.5. The average molecular weight is 437 g/mol. The van der Waals surface area contributed by atoms with Gasteiger partial charge in [0.15, 0.2) is 0 Å². The summed E-state index contributed by atoms with van der Waals surface area (Å²) >= 11 is 0. The Labute approximate surface area is 188 Å². The van der Waals surface area contributed by atoms with E-state index in [1.807, 2.05) is 29.0 Å². The van der Waals surface area contributed by atoms with Crippen LogP contribution in [-0.2, 0) is 0 Å². The van der Waals surface area contributed by atoms with Crippen molar-refractivity contribution in [2.24, 2.45) is 0 Å². The van der Waals surface area contributed by atoms with E-state index in [1.54, 1.807) is 18.2 Å². The van der Waals surface area contributed by atoms with Gasteiger partial charge in [0, 0.05) is 51.0 Å². The van der Waals surface area contributed by atoms with Crippen molar-refractivity contribution < 1.29 is 14.0 Å². The molecule has 2 aromatic carbocycles. The highest BCUT2D eigenvalue weighted by Crippen LogP contribution is 2.34. The van der Waals surface area contributed by atoms with Crippen LogP contribution in [0.4, 0.5) is 15.8 Å². The molecule has 7 heteroatoms. The minimum absolute atomic E-state index is 0.00398. The fourth-order valence-corrected chi connectivity index (χ4v) is 5.19. The number of carbonyl (C=O) groups excluding carboxylic acids is 2. The van der Waals surface area contributed by atoms with Crippen LogP contribution < -0.4 is 9.80 Å². The molecule has 0 bridgehead atoms. The highest BCUT2D eigenvalue weighted by molar-refractivity contribution is 6.04. The maximum atomic E-state index is 13.2. The lowest BCUT2D eigenvalue weighted by atomic mass is 10.0. The third-order valence-corrected chi connectivity index (χ3v) is 7.04. The molecule has 3 heterocycles. The number of carbonyl (C=O) groups is 2. The van der Waals surface area contributed by atoms with Crippen molar-refractivity contribution in [2.75, 3.05) is 49.6 Å². The van der Waals surface area contributed by atoms with Crippen molar-refractivity contribution in [3.8, 4) is 0 Å². The van der Waals surface area contributed by atoms with Crippen molar-refractivity contribution in [1.82, 2.24) is 9.80 Å². The van der Waals surface area contributed by atoms with Gasteiger partial charge in [-0.25, -0.2) is 4.39 Å². The van der Waals surface area contributed by atoms with Crippen LogP contribution in [0.1, 0.15) is 46.4 Å². The quantitative estimate of drug-likeness (QED) is 0.722. The van der Waals surface area contributed by atoms with Crippen LogP contribution in [0.25, 0.3) is 0 Å². The van der Waals surface area contributed by atoms with E-state index in [2.05, 4.69) is 9.80 Å². The molecule has 3 aliphatic heterocycles. The molecule has 0 unspecified atom stereocenters. The number of piperazine rings is 1. The zero-order valence-electron chi connectivity index (χ0n) is 18.5. The summed E-state index contributed by atoms with van der Waals surface area (Å²) in [5, 5.41) is 0. The zero-order chi connectivity index (χ0) is 22.2. The number of amides is 2. The number of anilines is 2. The molecule has 0 aromatic heterocycles. The van der Waals surface area contributed by atoms with Gasteiger partial charge >= 0.3 is 0 Å². The van der Waals surface area contributed by atoms with Crippen LogP contribution in [0.15, 0.2) is 42.5 Å². The fourth-order valence-electron chi connectivity index (χ4n) is 5.19. The lowest BCUT2D eigenvalue weighted by Crippen LogP contribution is -2.53. The van der Waals surface area contributed by atoms with Crippen LogP contribution in [0.3, 0.4) is 0 Å². The summed E-state index contributed by atoms with van der Waals surface area (Å²) in [4.78, 5) is 34.5. The van der Waals surface area contributed by atoms with Crippen molar-refractivity contribution in [3.05, 3.63) is 59.4 Å². The summed E-state index contributed by atoms with van der Waals surface area (Å²) in [6.07, 6.45) is 4.35. The molecule has 32 heavy (non-hydrogen) atoms. The van der Waals surface area contributed by atoms with Gasteiger partial charge in [-0.05, 0) is 61.7 Å². The number of benzene rings is 2. The highest BCUT2D eigenvalue weighted by atomic mass is 19.1. The van der Waals surface area contributed by atoms with E-state index in [-0.39, 0.29) is 23.8 Å². The second-order valence-electron chi connectivity index (χ2n) is 8.93. The normalized spacial score (nSPS) is 21.2. The Kier molecular flexibility index (Phi) is 5.49. The molecular weight excluding hydrogens is 407 g/mol. The van der Waals surface area contributed by atoms with Gasteiger partial charge in [-0.3, -0.25) is 9.59 Å². The van der Waals surface area contributed by atoms with Crippen molar-refractivity contribution in [2.45, 2.75) is 31.8 Å². The number of fused-ring (bicyclic) bond motifs is 2. The number of rotatable bonds is 2. The molecule has 168 valence electrons. The Morgan fingerprint density at radius 2 is 1.69 bits per heavy atom. The monoisotopic (exact) mass is 436 g/mol. The smallest absolute Gasteiger partial charge is 0.257 e. The minimum atomic E-state index is -0.245. The Balaban J connectivity index is 1.31. The predicted molar refractivity (Wildman–Crippen MR) is 123 cm³/mol. The topological polar surface area (TPSA) is 47.1 Å². The molecule has 0 aliphatic carbocycles. The summed E-state index contributed by atoms with van der Waals surface area (Å²) in [7, 11) is 2.03. The molecule has 2 amide bonds. The van der Waals surface area contributed by atoms with E-state index in [0.717, 1.165) is 43.6 Å². The second kappa shape index (κ2) is 8.45. The van der Waals surface area contributed by atoms with Gasteiger partial charge in [-0.1, -0.05) is 6.42 Å². The molecule has 5 rings (SSSR count). The number of halogens is 1. The molecule has 2 aromatic rings. The average Bonchev–Trinajstić information content (AvgIpc) is 3.09. The van der Waals surface area contributed by atoms with E-state index in [4.69, 9.17) is 0 Å². The van der Waals surface area contributed by atoms with E-state index in [1.165, 1.54) is 12.1 Å². The van der Waals surface area contributed by atoms with E-state index < -0.39 is 0 Å².